The van der Waals surface area contributed by atoms with Crippen LogP contribution in [0.5, 0.6) is 0 Å². The molecule has 1 heterocycles. The third-order valence-corrected chi connectivity index (χ3v) is 4.32. The van der Waals surface area contributed by atoms with Crippen molar-refractivity contribution in [3.05, 3.63) is 33.9 Å². The van der Waals surface area contributed by atoms with Crippen LogP contribution in [0.4, 0.5) is 11.4 Å². The molecule has 1 saturated heterocycles. The molecular weight excluding hydrogens is 268 g/mol. The number of anilines is 1. The summed E-state index contributed by atoms with van der Waals surface area (Å²) < 4.78 is 0. The second kappa shape index (κ2) is 5.47. The van der Waals surface area contributed by atoms with Gasteiger partial charge in [-0.05, 0) is 30.7 Å². The summed E-state index contributed by atoms with van der Waals surface area (Å²) in [6.45, 7) is 9.91. The van der Waals surface area contributed by atoms with E-state index in [1.54, 1.807) is 6.07 Å². The van der Waals surface area contributed by atoms with Crippen molar-refractivity contribution in [2.75, 3.05) is 18.0 Å². The number of nitro benzene ring substituents is 1. The van der Waals surface area contributed by atoms with Crippen LogP contribution < -0.4 is 4.90 Å². The number of nitrogens with zero attached hydrogens (tertiary/aromatic N) is 2. The summed E-state index contributed by atoms with van der Waals surface area (Å²) in [5.41, 5.74) is 1.46. The lowest BCUT2D eigenvalue weighted by molar-refractivity contribution is -0.384. The van der Waals surface area contributed by atoms with E-state index < -0.39 is 4.92 Å². The second-order valence-electron chi connectivity index (χ2n) is 6.81. The zero-order valence-corrected chi connectivity index (χ0v) is 13.0. The summed E-state index contributed by atoms with van der Waals surface area (Å²) in [5, 5.41) is 10.9. The first-order valence-corrected chi connectivity index (χ1v) is 7.24. The van der Waals surface area contributed by atoms with Crippen molar-refractivity contribution in [2.24, 2.45) is 11.3 Å². The number of non-ortho nitro benzene ring substituents is 1. The van der Waals surface area contributed by atoms with Crippen LogP contribution in [0.2, 0.25) is 0 Å². The second-order valence-corrected chi connectivity index (χ2v) is 6.81. The molecule has 5 nitrogen and oxygen atoms in total. The number of benzene rings is 1. The van der Waals surface area contributed by atoms with Gasteiger partial charge in [0.05, 0.1) is 4.92 Å². The van der Waals surface area contributed by atoms with E-state index in [1.165, 1.54) is 19.1 Å². The van der Waals surface area contributed by atoms with Crippen LogP contribution in [0.1, 0.15) is 44.5 Å². The SMILES string of the molecule is CC(=O)c1cc([N+](=O)[O-])ccc1N1CCC(C(C)(C)C)C1. The molecule has 1 aromatic carbocycles. The fourth-order valence-corrected chi connectivity index (χ4v) is 2.88. The van der Waals surface area contributed by atoms with Gasteiger partial charge < -0.3 is 4.90 Å². The molecule has 0 amide bonds. The fraction of sp³-hybridized carbons (Fsp3) is 0.562. The van der Waals surface area contributed by atoms with Crippen molar-refractivity contribution in [2.45, 2.75) is 34.1 Å². The smallest absolute Gasteiger partial charge is 0.270 e. The molecule has 0 saturated carbocycles. The maximum absolute atomic E-state index is 11.8. The maximum atomic E-state index is 11.8. The molecule has 1 aromatic rings. The number of rotatable bonds is 3. The minimum atomic E-state index is -0.460. The predicted molar refractivity (Wildman–Crippen MR) is 82.9 cm³/mol. The molecule has 1 fully saturated rings. The van der Waals surface area contributed by atoms with Crippen molar-refractivity contribution >= 4 is 17.2 Å². The molecule has 1 atom stereocenters. The first kappa shape index (κ1) is 15.5. The van der Waals surface area contributed by atoms with Gasteiger partial charge in [0, 0.05) is 36.5 Å². The molecule has 0 N–H and O–H groups in total. The Morgan fingerprint density at radius 1 is 1.38 bits per heavy atom. The molecule has 0 radical (unpaired) electrons. The highest BCUT2D eigenvalue weighted by molar-refractivity contribution is 6.00. The summed E-state index contributed by atoms with van der Waals surface area (Å²) in [4.78, 5) is 24.4. The molecule has 21 heavy (non-hydrogen) atoms. The van der Waals surface area contributed by atoms with E-state index in [4.69, 9.17) is 0 Å². The molecule has 5 heteroatoms. The van der Waals surface area contributed by atoms with Crippen LogP contribution >= 0.6 is 0 Å². The quantitative estimate of drug-likeness (QED) is 0.484. The van der Waals surface area contributed by atoms with Gasteiger partial charge in [-0.1, -0.05) is 20.8 Å². The zero-order chi connectivity index (χ0) is 15.8. The van der Waals surface area contributed by atoms with Crippen molar-refractivity contribution < 1.29 is 9.72 Å². The maximum Gasteiger partial charge on any atom is 0.270 e. The molecule has 0 bridgehead atoms. The summed E-state index contributed by atoms with van der Waals surface area (Å²) in [7, 11) is 0. The topological polar surface area (TPSA) is 63.4 Å². The Bertz CT molecular complexity index is 575. The number of carbonyl (C=O) groups excluding carboxylic acids is 1. The molecule has 1 unspecified atom stereocenters. The summed E-state index contributed by atoms with van der Waals surface area (Å²) in [6, 6.07) is 4.58. The number of nitro groups is 1. The van der Waals surface area contributed by atoms with Crippen LogP contribution in [0.25, 0.3) is 0 Å². The lowest BCUT2D eigenvalue weighted by Crippen LogP contribution is -2.26. The Kier molecular flexibility index (Phi) is 4.03. The van der Waals surface area contributed by atoms with Crippen LogP contribution in [-0.2, 0) is 0 Å². The van der Waals surface area contributed by atoms with Crippen LogP contribution in [-0.4, -0.2) is 23.8 Å². The average Bonchev–Trinajstić information content (AvgIpc) is 2.87. The van der Waals surface area contributed by atoms with Crippen LogP contribution in [0.3, 0.4) is 0 Å². The van der Waals surface area contributed by atoms with E-state index in [0.29, 0.717) is 11.5 Å². The minimum Gasteiger partial charge on any atom is -0.371 e. The lowest BCUT2D eigenvalue weighted by Gasteiger charge is -2.28. The van der Waals surface area contributed by atoms with Gasteiger partial charge in [-0.15, -0.1) is 0 Å². The lowest BCUT2D eigenvalue weighted by atomic mass is 9.80. The zero-order valence-electron chi connectivity index (χ0n) is 13.0. The number of hydrogen-bond donors (Lipinski definition) is 0. The van der Waals surface area contributed by atoms with Gasteiger partial charge in [-0.3, -0.25) is 14.9 Å². The van der Waals surface area contributed by atoms with Crippen molar-refractivity contribution in [1.82, 2.24) is 0 Å². The molecule has 1 aliphatic rings. The van der Waals surface area contributed by atoms with E-state index in [9.17, 15) is 14.9 Å². The first-order valence-electron chi connectivity index (χ1n) is 7.24. The Labute approximate surface area is 125 Å². The van der Waals surface area contributed by atoms with Crippen molar-refractivity contribution in [3.63, 3.8) is 0 Å². The summed E-state index contributed by atoms with van der Waals surface area (Å²) in [5.74, 6) is 0.431. The molecular formula is C16H22N2O3. The summed E-state index contributed by atoms with van der Waals surface area (Å²) >= 11 is 0. The molecule has 0 aromatic heterocycles. The van der Waals surface area contributed by atoms with Crippen molar-refractivity contribution in [1.29, 1.82) is 0 Å². The highest BCUT2D eigenvalue weighted by atomic mass is 16.6. The Balaban J connectivity index is 2.32. The van der Waals surface area contributed by atoms with Crippen molar-refractivity contribution in [3.8, 4) is 0 Å². The Morgan fingerprint density at radius 2 is 2.05 bits per heavy atom. The predicted octanol–water partition coefficient (Wildman–Crippen LogP) is 3.67. The average molecular weight is 290 g/mol. The van der Waals surface area contributed by atoms with Crippen LogP contribution in [0.15, 0.2) is 18.2 Å². The third-order valence-electron chi connectivity index (χ3n) is 4.32. The number of Topliss-reactive ketones (excluding diaryl/α,β-unsaturated/α-hetero) is 1. The van der Waals surface area contributed by atoms with Gasteiger partial charge in [-0.25, -0.2) is 0 Å². The molecule has 0 aliphatic carbocycles. The Morgan fingerprint density at radius 3 is 2.52 bits per heavy atom. The van der Waals surface area contributed by atoms with Gasteiger partial charge in [0.1, 0.15) is 0 Å². The van der Waals surface area contributed by atoms with E-state index in [-0.39, 0.29) is 16.9 Å². The first-order chi connectivity index (χ1) is 9.70. The highest BCUT2D eigenvalue weighted by Gasteiger charge is 2.33. The minimum absolute atomic E-state index is 0.0319. The fourth-order valence-electron chi connectivity index (χ4n) is 2.88. The monoisotopic (exact) mass is 290 g/mol. The van der Waals surface area contributed by atoms with Gasteiger partial charge >= 0.3 is 0 Å². The third kappa shape index (κ3) is 3.23. The Hall–Kier alpha value is -1.91. The molecule has 114 valence electrons. The molecule has 1 aliphatic heterocycles. The normalized spacial score (nSPS) is 18.9. The van der Waals surface area contributed by atoms with Gasteiger partial charge in [0.2, 0.25) is 0 Å². The summed E-state index contributed by atoms with van der Waals surface area (Å²) in [6.07, 6.45) is 1.08. The van der Waals surface area contributed by atoms with Gasteiger partial charge in [0.15, 0.2) is 5.78 Å². The van der Waals surface area contributed by atoms with Gasteiger partial charge in [0.25, 0.3) is 5.69 Å². The highest BCUT2D eigenvalue weighted by Crippen LogP contribution is 2.37. The van der Waals surface area contributed by atoms with E-state index in [2.05, 4.69) is 25.7 Å². The standard InChI is InChI=1S/C16H22N2O3/c1-11(19)14-9-13(18(20)21)5-6-15(14)17-8-7-12(10-17)16(2,3)4/h5-6,9,12H,7-8,10H2,1-4H3. The van der Waals surface area contributed by atoms with Crippen LogP contribution in [0, 0.1) is 21.4 Å². The van der Waals surface area contributed by atoms with Gasteiger partial charge in [-0.2, -0.15) is 0 Å². The largest absolute Gasteiger partial charge is 0.371 e. The molecule has 2 rings (SSSR count). The van der Waals surface area contributed by atoms with E-state index >= 15 is 0 Å². The number of carbonyl (C=O) groups is 1. The number of ketones is 1. The number of hydrogen-bond acceptors (Lipinski definition) is 4. The van der Waals surface area contributed by atoms with E-state index in [1.807, 2.05) is 0 Å². The molecule has 0 spiro atoms. The van der Waals surface area contributed by atoms with E-state index in [0.717, 1.165) is 25.2 Å².